The van der Waals surface area contributed by atoms with E-state index in [-0.39, 0.29) is 35.6 Å². The van der Waals surface area contributed by atoms with E-state index in [4.69, 9.17) is 0 Å². The molecular weight excluding hydrogens is 421 g/mol. The molecule has 0 unspecified atom stereocenters. The average molecular weight is 440 g/mol. The van der Waals surface area contributed by atoms with Crippen molar-refractivity contribution in [3.63, 3.8) is 0 Å². The minimum Gasteiger partial charge on any atom is -0.348 e. The van der Waals surface area contributed by atoms with Crippen molar-refractivity contribution in [2.75, 3.05) is 0 Å². The van der Waals surface area contributed by atoms with Gasteiger partial charge < -0.3 is 5.32 Å². The molecule has 0 spiro atoms. The average Bonchev–Trinajstić information content (AvgIpc) is 2.77. The van der Waals surface area contributed by atoms with Crippen LogP contribution in [0.5, 0.6) is 0 Å². The Hall–Kier alpha value is -3.68. The first-order chi connectivity index (χ1) is 15.3. The molecule has 0 aliphatic heterocycles. The molecule has 1 N–H and O–H groups in total. The number of rotatable bonds is 4. The molecule has 1 aromatic heterocycles. The fourth-order valence-electron chi connectivity index (χ4n) is 3.80. The molecule has 0 atom stereocenters. The van der Waals surface area contributed by atoms with Crippen LogP contribution in [0.3, 0.4) is 0 Å². The number of alkyl halides is 3. The number of fused-ring (bicyclic) bond motifs is 1. The van der Waals surface area contributed by atoms with Crippen LogP contribution in [0.25, 0.3) is 5.69 Å². The molecule has 32 heavy (non-hydrogen) atoms. The zero-order chi connectivity index (χ0) is 22.9. The molecule has 0 fully saturated rings. The van der Waals surface area contributed by atoms with Crippen molar-refractivity contribution >= 4 is 11.7 Å². The number of amides is 1. The number of ketones is 1. The molecule has 1 heterocycles. The summed E-state index contributed by atoms with van der Waals surface area (Å²) in [7, 11) is 0. The molecule has 1 aliphatic rings. The molecule has 1 aliphatic carbocycles. The van der Waals surface area contributed by atoms with Gasteiger partial charge in [-0.2, -0.15) is 13.2 Å². The fraction of sp³-hybridized carbons (Fsp3) is 0.208. The van der Waals surface area contributed by atoms with E-state index in [2.05, 4.69) is 5.32 Å². The summed E-state index contributed by atoms with van der Waals surface area (Å²) in [4.78, 5) is 38.6. The SMILES string of the molecule is O=C1CCCc2c1cc(C(=O)NCc1ccccc1)c(=O)n2-c1ccc(C(F)(F)F)cc1. The quantitative estimate of drug-likeness (QED) is 0.658. The number of halogens is 3. The maximum absolute atomic E-state index is 13.3. The molecular formula is C24H19F3N2O3. The van der Waals surface area contributed by atoms with Gasteiger partial charge >= 0.3 is 6.18 Å². The normalized spacial score (nSPS) is 13.5. The van der Waals surface area contributed by atoms with Crippen molar-refractivity contribution < 1.29 is 22.8 Å². The van der Waals surface area contributed by atoms with Crippen molar-refractivity contribution in [3.8, 4) is 5.69 Å². The van der Waals surface area contributed by atoms with Gasteiger partial charge in [-0.15, -0.1) is 0 Å². The van der Waals surface area contributed by atoms with Crippen LogP contribution in [-0.2, 0) is 19.1 Å². The summed E-state index contributed by atoms with van der Waals surface area (Å²) in [6.45, 7) is 0.185. The van der Waals surface area contributed by atoms with Gasteiger partial charge in [0.25, 0.3) is 11.5 Å². The highest BCUT2D eigenvalue weighted by Crippen LogP contribution is 2.30. The molecule has 0 saturated heterocycles. The van der Waals surface area contributed by atoms with E-state index in [1.807, 2.05) is 30.3 Å². The van der Waals surface area contributed by atoms with Gasteiger partial charge in [-0.25, -0.2) is 0 Å². The van der Waals surface area contributed by atoms with Crippen molar-refractivity contribution in [2.45, 2.75) is 32.0 Å². The number of hydrogen-bond donors (Lipinski definition) is 1. The molecule has 0 radical (unpaired) electrons. The third-order valence-corrected chi connectivity index (χ3v) is 5.41. The van der Waals surface area contributed by atoms with Gasteiger partial charge in [0, 0.05) is 29.9 Å². The zero-order valence-corrected chi connectivity index (χ0v) is 16.9. The van der Waals surface area contributed by atoms with E-state index in [1.54, 1.807) is 0 Å². The first-order valence-corrected chi connectivity index (χ1v) is 10.1. The molecule has 3 aromatic rings. The second-order valence-electron chi connectivity index (χ2n) is 7.55. The minimum atomic E-state index is -4.52. The summed E-state index contributed by atoms with van der Waals surface area (Å²) >= 11 is 0. The fourth-order valence-corrected chi connectivity index (χ4v) is 3.80. The van der Waals surface area contributed by atoms with E-state index >= 15 is 0 Å². The molecule has 4 rings (SSSR count). The maximum atomic E-state index is 13.3. The number of pyridine rings is 1. The monoisotopic (exact) mass is 440 g/mol. The Morgan fingerprint density at radius 2 is 1.66 bits per heavy atom. The van der Waals surface area contributed by atoms with Crippen LogP contribution in [0.15, 0.2) is 65.5 Å². The molecule has 8 heteroatoms. The highest BCUT2D eigenvalue weighted by atomic mass is 19.4. The third-order valence-electron chi connectivity index (χ3n) is 5.41. The topological polar surface area (TPSA) is 68.2 Å². The highest BCUT2D eigenvalue weighted by Gasteiger charge is 2.31. The van der Waals surface area contributed by atoms with Crippen LogP contribution in [0.4, 0.5) is 13.2 Å². The standard InChI is InChI=1S/C24H19F3N2O3/c25-24(26,27)16-9-11-17(12-10-16)29-20-7-4-8-21(30)18(20)13-19(23(29)32)22(31)28-14-15-5-2-1-3-6-15/h1-3,5-6,9-13H,4,7-8,14H2,(H,28,31). The summed E-state index contributed by atoms with van der Waals surface area (Å²) < 4.78 is 40.0. The van der Waals surface area contributed by atoms with Gasteiger partial charge in [0.05, 0.1) is 5.56 Å². The molecule has 0 bridgehead atoms. The zero-order valence-electron chi connectivity index (χ0n) is 16.9. The van der Waals surface area contributed by atoms with Crippen LogP contribution >= 0.6 is 0 Å². The van der Waals surface area contributed by atoms with Gasteiger partial charge in [0.1, 0.15) is 5.56 Å². The Bertz CT molecular complexity index is 1230. The number of carbonyl (C=O) groups excluding carboxylic acids is 2. The lowest BCUT2D eigenvalue weighted by molar-refractivity contribution is -0.137. The number of nitrogens with one attached hydrogen (secondary N) is 1. The van der Waals surface area contributed by atoms with Gasteiger partial charge in [0.15, 0.2) is 5.78 Å². The first-order valence-electron chi connectivity index (χ1n) is 10.1. The molecule has 1 amide bonds. The maximum Gasteiger partial charge on any atom is 0.416 e. The summed E-state index contributed by atoms with van der Waals surface area (Å²) in [6.07, 6.45) is -3.31. The number of benzene rings is 2. The summed E-state index contributed by atoms with van der Waals surface area (Å²) in [6, 6.07) is 14.5. The van der Waals surface area contributed by atoms with E-state index in [0.717, 1.165) is 17.7 Å². The van der Waals surface area contributed by atoms with Crippen LogP contribution < -0.4 is 10.9 Å². The van der Waals surface area contributed by atoms with E-state index < -0.39 is 23.2 Å². The molecule has 5 nitrogen and oxygen atoms in total. The van der Waals surface area contributed by atoms with Crippen molar-refractivity contribution in [1.82, 2.24) is 9.88 Å². The molecule has 164 valence electrons. The summed E-state index contributed by atoms with van der Waals surface area (Å²) in [5.41, 5.74) is -0.0922. The predicted molar refractivity (Wildman–Crippen MR) is 112 cm³/mol. The Morgan fingerprint density at radius 3 is 2.31 bits per heavy atom. The Labute approximate surface area is 181 Å². The lowest BCUT2D eigenvalue weighted by Gasteiger charge is -2.22. The van der Waals surface area contributed by atoms with Crippen LogP contribution in [0.2, 0.25) is 0 Å². The number of Topliss-reactive ketones (excluding diaryl/α,β-unsaturated/α-hetero) is 1. The number of nitrogens with zero attached hydrogens (tertiary/aromatic N) is 1. The van der Waals surface area contributed by atoms with Gasteiger partial charge in [0.2, 0.25) is 0 Å². The Balaban J connectivity index is 1.77. The summed E-state index contributed by atoms with van der Waals surface area (Å²) in [5.74, 6) is -0.857. The third kappa shape index (κ3) is 4.21. The summed E-state index contributed by atoms with van der Waals surface area (Å²) in [5, 5.41) is 2.67. The molecule has 0 saturated carbocycles. The van der Waals surface area contributed by atoms with E-state index in [1.165, 1.54) is 22.8 Å². The largest absolute Gasteiger partial charge is 0.416 e. The van der Waals surface area contributed by atoms with Crippen LogP contribution in [-0.4, -0.2) is 16.3 Å². The lowest BCUT2D eigenvalue weighted by atomic mass is 9.92. The lowest BCUT2D eigenvalue weighted by Crippen LogP contribution is -2.36. The van der Waals surface area contributed by atoms with Crippen LogP contribution in [0.1, 0.15) is 50.4 Å². The number of hydrogen-bond acceptors (Lipinski definition) is 3. The number of carbonyl (C=O) groups is 2. The molecule has 2 aromatic carbocycles. The minimum absolute atomic E-state index is 0.173. The second kappa shape index (κ2) is 8.45. The Kier molecular flexibility index (Phi) is 5.69. The highest BCUT2D eigenvalue weighted by molar-refractivity contribution is 6.01. The number of aromatic nitrogens is 1. The van der Waals surface area contributed by atoms with Gasteiger partial charge in [-0.3, -0.25) is 19.0 Å². The Morgan fingerprint density at radius 1 is 0.969 bits per heavy atom. The van der Waals surface area contributed by atoms with Crippen molar-refractivity contribution in [2.24, 2.45) is 0 Å². The van der Waals surface area contributed by atoms with Gasteiger partial charge in [-0.05, 0) is 48.7 Å². The van der Waals surface area contributed by atoms with Crippen LogP contribution in [0, 0.1) is 0 Å². The first kappa shape index (κ1) is 21.5. The van der Waals surface area contributed by atoms with E-state index in [9.17, 15) is 27.6 Å². The van der Waals surface area contributed by atoms with Gasteiger partial charge in [-0.1, -0.05) is 30.3 Å². The van der Waals surface area contributed by atoms with Crippen molar-refractivity contribution in [3.05, 3.63) is 99.0 Å². The predicted octanol–water partition coefficient (Wildman–Crippen LogP) is 4.31. The van der Waals surface area contributed by atoms with Crippen molar-refractivity contribution in [1.29, 1.82) is 0 Å². The smallest absolute Gasteiger partial charge is 0.348 e. The second-order valence-corrected chi connectivity index (χ2v) is 7.55. The van der Waals surface area contributed by atoms with E-state index in [0.29, 0.717) is 18.5 Å².